The van der Waals surface area contributed by atoms with Crippen molar-refractivity contribution >= 4 is 22.8 Å². The largest absolute Gasteiger partial charge is 0.296 e. The first-order valence-electron chi connectivity index (χ1n) is 5.22. The van der Waals surface area contributed by atoms with Gasteiger partial charge in [0.2, 0.25) is 0 Å². The van der Waals surface area contributed by atoms with E-state index >= 15 is 0 Å². The van der Waals surface area contributed by atoms with Crippen LogP contribution in [-0.2, 0) is 0 Å². The van der Waals surface area contributed by atoms with Gasteiger partial charge < -0.3 is 0 Å². The van der Waals surface area contributed by atoms with Crippen molar-refractivity contribution < 1.29 is 9.18 Å². The van der Waals surface area contributed by atoms with E-state index in [2.05, 4.69) is 4.98 Å². The molecule has 2 aromatic heterocycles. The molecule has 0 N–H and O–H groups in total. The lowest BCUT2D eigenvalue weighted by Gasteiger charge is -2.06. The Morgan fingerprint density at radius 2 is 2.18 bits per heavy atom. The second-order valence-corrected chi connectivity index (χ2v) is 3.98. The van der Waals surface area contributed by atoms with Gasteiger partial charge in [0.05, 0.1) is 11.7 Å². The van der Waals surface area contributed by atoms with Crippen LogP contribution in [0.1, 0.15) is 16.1 Å². The maximum absolute atomic E-state index is 13.3. The predicted molar refractivity (Wildman–Crippen MR) is 62.8 cm³/mol. The summed E-state index contributed by atoms with van der Waals surface area (Å²) in [7, 11) is 0. The minimum Gasteiger partial charge on any atom is -0.296 e. The summed E-state index contributed by atoms with van der Waals surface area (Å²) in [5.74, 6) is -0.324. The average Bonchev–Trinajstić information content (AvgIpc) is 2.71. The Bertz CT molecular complexity index is 746. The van der Waals surface area contributed by atoms with E-state index in [0.717, 1.165) is 17.2 Å². The van der Waals surface area contributed by atoms with E-state index in [0.29, 0.717) is 16.9 Å². The molecule has 0 radical (unpaired) electrons. The second kappa shape index (κ2) is 3.38. The average molecular weight is 228 g/mol. The van der Waals surface area contributed by atoms with Gasteiger partial charge in [0, 0.05) is 5.39 Å². The van der Waals surface area contributed by atoms with E-state index in [1.165, 1.54) is 18.3 Å². The van der Waals surface area contributed by atoms with E-state index in [4.69, 9.17) is 0 Å². The van der Waals surface area contributed by atoms with Gasteiger partial charge in [-0.25, -0.2) is 9.37 Å². The minimum atomic E-state index is -0.324. The number of fused-ring (bicyclic) bond motifs is 3. The molecule has 0 atom stereocenters. The molecule has 0 amide bonds. The van der Waals surface area contributed by atoms with Crippen molar-refractivity contribution in [3.63, 3.8) is 0 Å². The third-order valence-electron chi connectivity index (χ3n) is 2.91. The lowest BCUT2D eigenvalue weighted by molar-refractivity contribution is 0.111. The Balaban J connectivity index is 2.62. The number of imidazole rings is 1. The number of hydrogen-bond donors (Lipinski definition) is 0. The maximum atomic E-state index is 13.3. The SMILES string of the molecule is Cc1cc2ncc(C=O)n2c2cc(F)ccc12. The summed E-state index contributed by atoms with van der Waals surface area (Å²) in [5.41, 5.74) is 2.76. The van der Waals surface area contributed by atoms with Crippen LogP contribution in [0.25, 0.3) is 16.6 Å². The van der Waals surface area contributed by atoms with Gasteiger partial charge in [-0.15, -0.1) is 0 Å². The molecule has 17 heavy (non-hydrogen) atoms. The van der Waals surface area contributed by atoms with Crippen molar-refractivity contribution in [2.75, 3.05) is 0 Å². The molecule has 84 valence electrons. The predicted octanol–water partition coefficient (Wildman–Crippen LogP) is 2.75. The molecule has 0 fully saturated rings. The van der Waals surface area contributed by atoms with Crippen molar-refractivity contribution in [1.82, 2.24) is 9.38 Å². The zero-order valence-corrected chi connectivity index (χ0v) is 9.14. The van der Waals surface area contributed by atoms with E-state index in [9.17, 15) is 9.18 Å². The first-order chi connectivity index (χ1) is 8.20. The van der Waals surface area contributed by atoms with Crippen LogP contribution in [0.5, 0.6) is 0 Å². The van der Waals surface area contributed by atoms with Gasteiger partial charge in [0.15, 0.2) is 6.29 Å². The fraction of sp³-hybridized carbons (Fsp3) is 0.0769. The zero-order chi connectivity index (χ0) is 12.0. The van der Waals surface area contributed by atoms with E-state index in [-0.39, 0.29) is 5.82 Å². The monoisotopic (exact) mass is 228 g/mol. The highest BCUT2D eigenvalue weighted by atomic mass is 19.1. The minimum absolute atomic E-state index is 0.324. The van der Waals surface area contributed by atoms with Crippen LogP contribution in [0.3, 0.4) is 0 Å². The van der Waals surface area contributed by atoms with Crippen molar-refractivity contribution in [1.29, 1.82) is 0 Å². The number of benzene rings is 1. The third-order valence-corrected chi connectivity index (χ3v) is 2.91. The van der Waals surface area contributed by atoms with Crippen molar-refractivity contribution in [2.45, 2.75) is 6.92 Å². The summed E-state index contributed by atoms with van der Waals surface area (Å²) in [5, 5.41) is 0.917. The normalized spacial score (nSPS) is 11.2. The van der Waals surface area contributed by atoms with E-state index in [1.54, 1.807) is 10.5 Å². The van der Waals surface area contributed by atoms with Crippen LogP contribution < -0.4 is 0 Å². The lowest BCUT2D eigenvalue weighted by Crippen LogP contribution is -1.95. The Morgan fingerprint density at radius 3 is 2.94 bits per heavy atom. The number of nitrogens with zero attached hydrogens (tertiary/aromatic N) is 2. The first kappa shape index (κ1) is 9.96. The molecule has 4 heteroatoms. The van der Waals surface area contributed by atoms with Crippen LogP contribution in [0, 0.1) is 12.7 Å². The number of aldehydes is 1. The molecule has 0 aliphatic carbocycles. The Hall–Kier alpha value is -2.23. The molecule has 0 unspecified atom stereocenters. The zero-order valence-electron chi connectivity index (χ0n) is 9.14. The quantitative estimate of drug-likeness (QED) is 0.600. The molecule has 0 saturated heterocycles. The van der Waals surface area contributed by atoms with E-state index < -0.39 is 0 Å². The summed E-state index contributed by atoms with van der Waals surface area (Å²) in [6.45, 7) is 1.94. The fourth-order valence-electron chi connectivity index (χ4n) is 2.12. The molecule has 2 heterocycles. The number of aromatic nitrogens is 2. The molecule has 3 rings (SSSR count). The van der Waals surface area contributed by atoms with Crippen LogP contribution >= 0.6 is 0 Å². The number of hydrogen-bond acceptors (Lipinski definition) is 2. The Labute approximate surface area is 96.5 Å². The summed E-state index contributed by atoms with van der Waals surface area (Å²) in [6, 6.07) is 6.43. The summed E-state index contributed by atoms with van der Waals surface area (Å²) in [4.78, 5) is 15.1. The molecule has 0 spiro atoms. The van der Waals surface area contributed by atoms with Crippen molar-refractivity contribution in [2.24, 2.45) is 0 Å². The van der Waals surface area contributed by atoms with Gasteiger partial charge >= 0.3 is 0 Å². The van der Waals surface area contributed by atoms with Gasteiger partial charge in [0.25, 0.3) is 0 Å². The number of carbonyl (C=O) groups excluding carboxylic acids is 1. The highest BCUT2D eigenvalue weighted by Crippen LogP contribution is 2.22. The number of carbonyl (C=O) groups is 1. The van der Waals surface area contributed by atoms with Crippen LogP contribution in [-0.4, -0.2) is 15.7 Å². The van der Waals surface area contributed by atoms with Crippen LogP contribution in [0.2, 0.25) is 0 Å². The molecule has 1 aromatic carbocycles. The number of rotatable bonds is 1. The third kappa shape index (κ3) is 1.34. The van der Waals surface area contributed by atoms with Crippen molar-refractivity contribution in [3.05, 3.63) is 47.5 Å². The topological polar surface area (TPSA) is 34.4 Å². The van der Waals surface area contributed by atoms with Gasteiger partial charge in [-0.3, -0.25) is 9.20 Å². The molecule has 3 nitrogen and oxygen atoms in total. The molecule has 0 saturated carbocycles. The Kier molecular flexibility index (Phi) is 1.98. The lowest BCUT2D eigenvalue weighted by atomic mass is 10.1. The summed E-state index contributed by atoms with van der Waals surface area (Å²) < 4.78 is 15.0. The van der Waals surface area contributed by atoms with Crippen LogP contribution in [0.15, 0.2) is 30.5 Å². The summed E-state index contributed by atoms with van der Waals surface area (Å²) in [6.07, 6.45) is 2.21. The first-order valence-corrected chi connectivity index (χ1v) is 5.22. The Morgan fingerprint density at radius 1 is 1.35 bits per heavy atom. The molecular weight excluding hydrogens is 219 g/mol. The van der Waals surface area contributed by atoms with Crippen molar-refractivity contribution in [3.8, 4) is 0 Å². The maximum Gasteiger partial charge on any atom is 0.168 e. The number of pyridine rings is 1. The molecule has 0 bridgehead atoms. The van der Waals surface area contributed by atoms with Crippen LogP contribution in [0.4, 0.5) is 4.39 Å². The molecule has 0 aliphatic rings. The highest BCUT2D eigenvalue weighted by molar-refractivity contribution is 5.88. The smallest absolute Gasteiger partial charge is 0.168 e. The van der Waals surface area contributed by atoms with E-state index in [1.807, 2.05) is 13.0 Å². The van der Waals surface area contributed by atoms with Gasteiger partial charge in [-0.2, -0.15) is 0 Å². The standard InChI is InChI=1S/C13H9FN2O/c1-8-4-13-15-6-10(7-17)16(13)12-5-9(14)2-3-11(8)12/h2-7H,1H3. The summed E-state index contributed by atoms with van der Waals surface area (Å²) >= 11 is 0. The molecule has 3 aromatic rings. The molecule has 0 aliphatic heterocycles. The molecular formula is C13H9FN2O. The number of halogens is 1. The highest BCUT2D eigenvalue weighted by Gasteiger charge is 2.09. The van der Waals surface area contributed by atoms with Gasteiger partial charge in [-0.1, -0.05) is 0 Å². The number of aryl methyl sites for hydroxylation is 1. The van der Waals surface area contributed by atoms with Gasteiger partial charge in [0.1, 0.15) is 17.2 Å². The fourth-order valence-corrected chi connectivity index (χ4v) is 2.12. The second-order valence-electron chi connectivity index (χ2n) is 3.98. The van der Waals surface area contributed by atoms with Gasteiger partial charge in [-0.05, 0) is 36.8 Å².